The van der Waals surface area contributed by atoms with Gasteiger partial charge in [-0.1, -0.05) is 26.1 Å². The average molecular weight is 203 g/mol. The number of hydrogen-bond donors (Lipinski definition) is 2. The molecule has 0 saturated carbocycles. The van der Waals surface area contributed by atoms with Gasteiger partial charge in [0.15, 0.2) is 0 Å². The Kier molecular flexibility index (Phi) is 4.05. The number of nitrogens with one attached hydrogen (secondary N) is 1. The van der Waals surface area contributed by atoms with Gasteiger partial charge in [-0.15, -0.1) is 0 Å². The van der Waals surface area contributed by atoms with Gasteiger partial charge in [-0.2, -0.15) is 5.53 Å². The number of hydrazine groups is 2. The Balaban J connectivity index is 2.40. The largest absolute Gasteiger partial charge is 0.375 e. The maximum absolute atomic E-state index is 8.96. The molecule has 0 aromatic heterocycles. The lowest BCUT2D eigenvalue weighted by molar-refractivity contribution is -0.00128. The van der Waals surface area contributed by atoms with Gasteiger partial charge in [-0.25, -0.2) is 5.01 Å². The molecule has 1 aliphatic rings. The first kappa shape index (κ1) is 10.8. The molecular weight excluding hydrogens is 186 g/mol. The van der Waals surface area contributed by atoms with E-state index in [9.17, 15) is 0 Å². The molecule has 0 amide bonds. The second-order valence-electron chi connectivity index (χ2n) is 3.65. The zero-order valence-corrected chi connectivity index (χ0v) is 8.97. The van der Waals surface area contributed by atoms with Crippen LogP contribution in [0, 0.1) is 5.92 Å². The number of aliphatic hydroxyl groups is 1. The summed E-state index contributed by atoms with van der Waals surface area (Å²) < 4.78 is 0. The van der Waals surface area contributed by atoms with Crippen molar-refractivity contribution in [3.05, 3.63) is 0 Å². The minimum atomic E-state index is -0.0621. The first-order valence-corrected chi connectivity index (χ1v) is 4.96. The molecule has 1 rings (SSSR count). The van der Waals surface area contributed by atoms with Crippen molar-refractivity contribution in [1.29, 1.82) is 0 Å². The Bertz CT molecular complexity index is 186. The van der Waals surface area contributed by atoms with E-state index in [2.05, 4.69) is 24.4 Å². The van der Waals surface area contributed by atoms with Gasteiger partial charge in [0.1, 0.15) is 6.73 Å². The lowest BCUT2D eigenvalue weighted by Gasteiger charge is -2.37. The molecule has 0 aliphatic carbocycles. The van der Waals surface area contributed by atoms with Gasteiger partial charge >= 0.3 is 0 Å². The van der Waals surface area contributed by atoms with E-state index in [1.807, 2.05) is 0 Å². The van der Waals surface area contributed by atoms with Crippen molar-refractivity contribution in [2.45, 2.75) is 20.3 Å². The summed E-state index contributed by atoms with van der Waals surface area (Å²) >= 11 is 5.07. The second kappa shape index (κ2) is 4.85. The van der Waals surface area contributed by atoms with E-state index in [0.717, 1.165) is 24.5 Å². The summed E-state index contributed by atoms with van der Waals surface area (Å²) in [6.45, 7) is 6.16. The van der Waals surface area contributed by atoms with Gasteiger partial charge in [0, 0.05) is 19.5 Å². The second-order valence-corrected chi connectivity index (χ2v) is 4.12. The van der Waals surface area contributed by atoms with Crippen LogP contribution in [-0.4, -0.2) is 39.9 Å². The molecular formula is C8H17N3OS. The van der Waals surface area contributed by atoms with Crippen LogP contribution in [0.3, 0.4) is 0 Å². The lowest BCUT2D eigenvalue weighted by Crippen LogP contribution is -2.58. The number of aliphatic hydroxyl groups excluding tert-OH is 1. The Morgan fingerprint density at radius 3 is 2.85 bits per heavy atom. The maximum atomic E-state index is 8.96. The van der Waals surface area contributed by atoms with Gasteiger partial charge in [-0.3, -0.25) is 5.01 Å². The van der Waals surface area contributed by atoms with Crippen molar-refractivity contribution >= 4 is 17.2 Å². The SMILES string of the molecule is CC(C)CN1CCC(=S)N(CO)N1. The minimum Gasteiger partial charge on any atom is -0.375 e. The summed E-state index contributed by atoms with van der Waals surface area (Å²) in [5, 5.41) is 12.6. The molecule has 0 atom stereocenters. The van der Waals surface area contributed by atoms with Crippen molar-refractivity contribution in [1.82, 2.24) is 15.6 Å². The van der Waals surface area contributed by atoms with Crippen LogP contribution < -0.4 is 5.53 Å². The van der Waals surface area contributed by atoms with Crippen LogP contribution in [0.4, 0.5) is 0 Å². The highest BCUT2D eigenvalue weighted by Crippen LogP contribution is 2.05. The topological polar surface area (TPSA) is 38.7 Å². The van der Waals surface area contributed by atoms with Crippen molar-refractivity contribution < 1.29 is 5.11 Å². The third kappa shape index (κ3) is 3.19. The third-order valence-electron chi connectivity index (χ3n) is 1.89. The normalized spacial score (nSPS) is 20.0. The number of rotatable bonds is 3. The molecule has 1 fully saturated rings. The van der Waals surface area contributed by atoms with Crippen molar-refractivity contribution in [2.75, 3.05) is 19.8 Å². The Morgan fingerprint density at radius 2 is 2.31 bits per heavy atom. The molecule has 0 aromatic carbocycles. The van der Waals surface area contributed by atoms with Gasteiger partial charge < -0.3 is 5.11 Å². The molecule has 0 unspecified atom stereocenters. The summed E-state index contributed by atoms with van der Waals surface area (Å²) in [4.78, 5) is 0.780. The zero-order chi connectivity index (χ0) is 9.84. The van der Waals surface area contributed by atoms with Crippen LogP contribution in [0.15, 0.2) is 0 Å². The van der Waals surface area contributed by atoms with E-state index in [-0.39, 0.29) is 6.73 Å². The van der Waals surface area contributed by atoms with E-state index >= 15 is 0 Å². The molecule has 5 heteroatoms. The summed E-state index contributed by atoms with van der Waals surface area (Å²) in [6, 6.07) is 0. The highest BCUT2D eigenvalue weighted by Gasteiger charge is 2.19. The predicted octanol–water partition coefficient (Wildman–Crippen LogP) is 0.347. The van der Waals surface area contributed by atoms with E-state index in [4.69, 9.17) is 17.3 Å². The van der Waals surface area contributed by atoms with Crippen LogP contribution in [0.5, 0.6) is 0 Å². The van der Waals surface area contributed by atoms with Gasteiger partial charge in [0.25, 0.3) is 0 Å². The fourth-order valence-corrected chi connectivity index (χ4v) is 1.52. The molecule has 4 nitrogen and oxygen atoms in total. The number of nitrogens with zero attached hydrogens (tertiary/aromatic N) is 2. The first-order valence-electron chi connectivity index (χ1n) is 4.56. The molecule has 0 spiro atoms. The van der Waals surface area contributed by atoms with Crippen LogP contribution in [0.25, 0.3) is 0 Å². The van der Waals surface area contributed by atoms with Crippen LogP contribution in [-0.2, 0) is 0 Å². The predicted molar refractivity (Wildman–Crippen MR) is 55.7 cm³/mol. The van der Waals surface area contributed by atoms with Crippen LogP contribution in [0.2, 0.25) is 0 Å². The Labute approximate surface area is 84.5 Å². The standard InChI is InChI=1S/C8H17N3OS/c1-7(2)5-10-4-3-8(13)11(6-12)9-10/h7,9,12H,3-6H2,1-2H3. The van der Waals surface area contributed by atoms with Gasteiger partial charge in [-0.05, 0) is 5.92 Å². The molecule has 0 radical (unpaired) electrons. The molecule has 76 valence electrons. The fraction of sp³-hybridized carbons (Fsp3) is 0.875. The summed E-state index contributed by atoms with van der Waals surface area (Å²) in [7, 11) is 0. The molecule has 2 N–H and O–H groups in total. The summed E-state index contributed by atoms with van der Waals surface area (Å²) in [6.07, 6.45) is 0.843. The summed E-state index contributed by atoms with van der Waals surface area (Å²) in [5.74, 6) is 0.611. The van der Waals surface area contributed by atoms with E-state index < -0.39 is 0 Å². The van der Waals surface area contributed by atoms with Crippen LogP contribution in [0.1, 0.15) is 20.3 Å². The van der Waals surface area contributed by atoms with Crippen molar-refractivity contribution in [3.63, 3.8) is 0 Å². The highest BCUT2D eigenvalue weighted by atomic mass is 32.1. The van der Waals surface area contributed by atoms with Crippen molar-refractivity contribution in [3.8, 4) is 0 Å². The van der Waals surface area contributed by atoms with Gasteiger partial charge in [0.05, 0.1) is 4.99 Å². The fourth-order valence-electron chi connectivity index (χ4n) is 1.33. The molecule has 1 aliphatic heterocycles. The van der Waals surface area contributed by atoms with Crippen LogP contribution >= 0.6 is 12.2 Å². The lowest BCUT2D eigenvalue weighted by atomic mass is 10.2. The smallest absolute Gasteiger partial charge is 0.132 e. The third-order valence-corrected chi connectivity index (χ3v) is 2.31. The average Bonchev–Trinajstić information content (AvgIpc) is 2.07. The highest BCUT2D eigenvalue weighted by molar-refractivity contribution is 7.80. The summed E-state index contributed by atoms with van der Waals surface area (Å²) in [5.41, 5.74) is 3.06. The quantitative estimate of drug-likeness (QED) is 0.647. The molecule has 0 aromatic rings. The zero-order valence-electron chi connectivity index (χ0n) is 8.16. The molecule has 13 heavy (non-hydrogen) atoms. The Hall–Kier alpha value is -0.230. The van der Waals surface area contributed by atoms with Gasteiger partial charge in [0.2, 0.25) is 0 Å². The first-order chi connectivity index (χ1) is 6.13. The Morgan fingerprint density at radius 1 is 1.62 bits per heavy atom. The van der Waals surface area contributed by atoms with Crippen molar-refractivity contribution in [2.24, 2.45) is 5.92 Å². The number of thiocarbonyl (C=S) groups is 1. The minimum absolute atomic E-state index is 0.0621. The monoisotopic (exact) mass is 203 g/mol. The van der Waals surface area contributed by atoms with E-state index in [0.29, 0.717) is 5.92 Å². The number of hydrogen-bond acceptors (Lipinski definition) is 4. The van der Waals surface area contributed by atoms with E-state index in [1.54, 1.807) is 5.01 Å². The molecule has 0 bridgehead atoms. The molecule has 1 saturated heterocycles. The van der Waals surface area contributed by atoms with E-state index in [1.165, 1.54) is 0 Å². The maximum Gasteiger partial charge on any atom is 0.132 e. The molecule has 1 heterocycles.